The molecule has 0 spiro atoms. The van der Waals surface area contributed by atoms with E-state index in [4.69, 9.17) is 16.7 Å². The highest BCUT2D eigenvalue weighted by atomic mass is 35.5. The van der Waals surface area contributed by atoms with E-state index in [0.29, 0.717) is 18.5 Å². The molecule has 0 fully saturated rings. The highest BCUT2D eigenvalue weighted by Gasteiger charge is 2.07. The molecule has 98 valence electrons. The van der Waals surface area contributed by atoms with Crippen molar-refractivity contribution in [3.8, 4) is 0 Å². The summed E-state index contributed by atoms with van der Waals surface area (Å²) in [5, 5.41) is 11.4. The number of aryl methyl sites for hydroxylation is 1. The minimum absolute atomic E-state index is 0.0834. The van der Waals surface area contributed by atoms with E-state index < -0.39 is 5.97 Å². The molecule has 18 heavy (non-hydrogen) atoms. The maximum absolute atomic E-state index is 11.6. The first-order valence-corrected chi connectivity index (χ1v) is 6.00. The molecule has 0 unspecified atom stereocenters. The Bertz CT molecular complexity index is 449. The van der Waals surface area contributed by atoms with Gasteiger partial charge in [0.25, 0.3) is 0 Å². The molecule has 1 amide bonds. The largest absolute Gasteiger partial charge is 0.481 e. The number of carbonyl (C=O) groups is 2. The fraction of sp³-hybridized carbons (Fsp3) is 0.417. The average Bonchev–Trinajstić information content (AvgIpc) is 2.29. The minimum atomic E-state index is -0.846. The zero-order valence-corrected chi connectivity index (χ0v) is 10.8. The van der Waals surface area contributed by atoms with Gasteiger partial charge in [-0.3, -0.25) is 9.59 Å². The number of nitrogens with zero attached hydrogens (tertiary/aromatic N) is 1. The predicted molar refractivity (Wildman–Crippen MR) is 68.7 cm³/mol. The van der Waals surface area contributed by atoms with E-state index in [1.807, 2.05) is 6.92 Å². The molecule has 2 N–H and O–H groups in total. The topological polar surface area (TPSA) is 79.3 Å². The molecule has 0 bridgehead atoms. The van der Waals surface area contributed by atoms with E-state index in [9.17, 15) is 9.59 Å². The molecule has 0 saturated carbocycles. The summed E-state index contributed by atoms with van der Waals surface area (Å²) in [6, 6.07) is 1.74. The molecule has 1 aromatic heterocycles. The molecule has 5 nitrogen and oxygen atoms in total. The molecule has 1 heterocycles. The number of carbonyl (C=O) groups excluding carboxylic acids is 1. The third kappa shape index (κ3) is 5.14. The van der Waals surface area contributed by atoms with E-state index >= 15 is 0 Å². The van der Waals surface area contributed by atoms with Crippen LogP contribution in [0.15, 0.2) is 12.3 Å². The van der Waals surface area contributed by atoms with Crippen molar-refractivity contribution in [2.24, 2.45) is 0 Å². The van der Waals surface area contributed by atoms with E-state index in [-0.39, 0.29) is 23.9 Å². The Morgan fingerprint density at radius 2 is 2.06 bits per heavy atom. The fourth-order valence-corrected chi connectivity index (χ4v) is 1.57. The zero-order chi connectivity index (χ0) is 13.5. The van der Waals surface area contributed by atoms with Crippen LogP contribution in [0.4, 0.5) is 5.69 Å². The second-order valence-corrected chi connectivity index (χ2v) is 4.36. The van der Waals surface area contributed by atoms with Crippen LogP contribution >= 0.6 is 11.6 Å². The maximum Gasteiger partial charge on any atom is 0.303 e. The lowest BCUT2D eigenvalue weighted by Gasteiger charge is -2.07. The number of unbranched alkanes of at least 4 members (excludes halogenated alkanes) is 1. The first-order valence-electron chi connectivity index (χ1n) is 5.63. The van der Waals surface area contributed by atoms with Crippen molar-refractivity contribution < 1.29 is 14.7 Å². The predicted octanol–water partition coefficient (Wildman–Crippen LogP) is 2.63. The number of rotatable bonds is 6. The van der Waals surface area contributed by atoms with Crippen molar-refractivity contribution in [3.63, 3.8) is 0 Å². The summed E-state index contributed by atoms with van der Waals surface area (Å²) in [7, 11) is 0. The van der Waals surface area contributed by atoms with Crippen molar-refractivity contribution in [1.82, 2.24) is 4.98 Å². The van der Waals surface area contributed by atoms with E-state index in [0.717, 1.165) is 5.56 Å². The van der Waals surface area contributed by atoms with Crippen molar-refractivity contribution in [3.05, 3.63) is 23.0 Å². The van der Waals surface area contributed by atoms with Gasteiger partial charge >= 0.3 is 5.97 Å². The van der Waals surface area contributed by atoms with Gasteiger partial charge in [-0.1, -0.05) is 11.6 Å². The normalized spacial score (nSPS) is 10.1. The van der Waals surface area contributed by atoms with Crippen molar-refractivity contribution in [2.45, 2.75) is 32.6 Å². The lowest BCUT2D eigenvalue weighted by Crippen LogP contribution is -2.12. The lowest BCUT2D eigenvalue weighted by atomic mass is 10.2. The molecule has 1 aromatic rings. The molecule has 0 aliphatic carbocycles. The number of amides is 1. The number of hydrogen-bond donors (Lipinski definition) is 2. The van der Waals surface area contributed by atoms with E-state index in [2.05, 4.69) is 10.3 Å². The number of carboxylic acids is 1. The number of aliphatic carboxylic acids is 1. The Morgan fingerprint density at radius 3 is 2.72 bits per heavy atom. The van der Waals surface area contributed by atoms with Gasteiger partial charge in [0.05, 0.1) is 5.69 Å². The van der Waals surface area contributed by atoms with Crippen LogP contribution < -0.4 is 5.32 Å². The van der Waals surface area contributed by atoms with Gasteiger partial charge in [0, 0.05) is 19.0 Å². The van der Waals surface area contributed by atoms with E-state index in [1.165, 1.54) is 0 Å². The number of halogens is 1. The summed E-state index contributed by atoms with van der Waals surface area (Å²) in [6.45, 7) is 1.85. The Morgan fingerprint density at radius 1 is 1.39 bits per heavy atom. The van der Waals surface area contributed by atoms with Crippen molar-refractivity contribution in [2.75, 3.05) is 5.32 Å². The lowest BCUT2D eigenvalue weighted by molar-refractivity contribution is -0.137. The van der Waals surface area contributed by atoms with Crippen LogP contribution in [0.5, 0.6) is 0 Å². The number of carboxylic acid groups (broad SMARTS) is 1. The smallest absolute Gasteiger partial charge is 0.303 e. The van der Waals surface area contributed by atoms with Gasteiger partial charge in [0.15, 0.2) is 5.15 Å². The third-order valence-corrected chi connectivity index (χ3v) is 2.60. The first-order chi connectivity index (χ1) is 8.49. The molecular formula is C12H15ClN2O3. The molecule has 0 radical (unpaired) electrons. The van der Waals surface area contributed by atoms with Crippen LogP contribution in [-0.2, 0) is 9.59 Å². The van der Waals surface area contributed by atoms with Crippen LogP contribution in [0.25, 0.3) is 0 Å². The van der Waals surface area contributed by atoms with Gasteiger partial charge in [-0.15, -0.1) is 0 Å². The van der Waals surface area contributed by atoms with E-state index in [1.54, 1.807) is 12.3 Å². The third-order valence-electron chi connectivity index (χ3n) is 2.29. The molecule has 0 aliphatic heterocycles. The highest BCUT2D eigenvalue weighted by molar-refractivity contribution is 6.32. The molecule has 0 atom stereocenters. The number of anilines is 1. The Balaban J connectivity index is 2.40. The molecule has 0 saturated heterocycles. The summed E-state index contributed by atoms with van der Waals surface area (Å²) in [4.78, 5) is 25.8. The number of nitrogens with one attached hydrogen (secondary N) is 1. The van der Waals surface area contributed by atoms with Gasteiger partial charge in [-0.05, 0) is 31.4 Å². The standard InChI is InChI=1S/C12H15ClN2O3/c1-8-6-9(12(13)14-7-8)15-10(16)4-2-3-5-11(17)18/h6-7H,2-5H2,1H3,(H,15,16)(H,17,18). The quantitative estimate of drug-likeness (QED) is 0.615. The fourth-order valence-electron chi connectivity index (χ4n) is 1.41. The Kier molecular flexibility index (Phi) is 5.58. The van der Waals surface area contributed by atoms with Crippen LogP contribution in [0.1, 0.15) is 31.2 Å². The van der Waals surface area contributed by atoms with Crippen LogP contribution in [-0.4, -0.2) is 22.0 Å². The van der Waals surface area contributed by atoms with Gasteiger partial charge in [-0.2, -0.15) is 0 Å². The van der Waals surface area contributed by atoms with Crippen molar-refractivity contribution >= 4 is 29.2 Å². The Labute approximate surface area is 110 Å². The second kappa shape index (κ2) is 6.96. The van der Waals surface area contributed by atoms with Crippen LogP contribution in [0.3, 0.4) is 0 Å². The number of pyridine rings is 1. The number of aromatic nitrogens is 1. The molecule has 1 rings (SSSR count). The summed E-state index contributed by atoms with van der Waals surface area (Å²) in [5.41, 5.74) is 1.39. The minimum Gasteiger partial charge on any atom is -0.481 e. The van der Waals surface area contributed by atoms with Crippen LogP contribution in [0.2, 0.25) is 5.15 Å². The Hall–Kier alpha value is -1.62. The van der Waals surface area contributed by atoms with Gasteiger partial charge in [0.1, 0.15) is 0 Å². The summed E-state index contributed by atoms with van der Waals surface area (Å²) >= 11 is 5.84. The summed E-state index contributed by atoms with van der Waals surface area (Å²) in [5.74, 6) is -1.03. The molecule has 0 aromatic carbocycles. The SMILES string of the molecule is Cc1cnc(Cl)c(NC(=O)CCCCC(=O)O)c1. The molecule has 6 heteroatoms. The van der Waals surface area contributed by atoms with Crippen LogP contribution in [0, 0.1) is 6.92 Å². The molecular weight excluding hydrogens is 256 g/mol. The summed E-state index contributed by atoms with van der Waals surface area (Å²) < 4.78 is 0. The average molecular weight is 271 g/mol. The number of hydrogen-bond acceptors (Lipinski definition) is 3. The monoisotopic (exact) mass is 270 g/mol. The van der Waals surface area contributed by atoms with Crippen molar-refractivity contribution in [1.29, 1.82) is 0 Å². The second-order valence-electron chi connectivity index (χ2n) is 4.00. The molecule has 0 aliphatic rings. The zero-order valence-electron chi connectivity index (χ0n) is 10.1. The summed E-state index contributed by atoms with van der Waals surface area (Å²) in [6.07, 6.45) is 3.00. The van der Waals surface area contributed by atoms with Gasteiger partial charge in [-0.25, -0.2) is 4.98 Å². The maximum atomic E-state index is 11.6. The first kappa shape index (κ1) is 14.4. The highest BCUT2D eigenvalue weighted by Crippen LogP contribution is 2.20. The van der Waals surface area contributed by atoms with Gasteiger partial charge in [0.2, 0.25) is 5.91 Å². The van der Waals surface area contributed by atoms with Gasteiger partial charge < -0.3 is 10.4 Å².